The molecule has 1 fully saturated rings. The Morgan fingerprint density at radius 1 is 1.14 bits per heavy atom. The van der Waals surface area contributed by atoms with Crippen molar-refractivity contribution >= 4 is 28.0 Å². The van der Waals surface area contributed by atoms with Gasteiger partial charge in [-0.1, -0.05) is 38.0 Å². The molecule has 0 aliphatic heterocycles. The Labute approximate surface area is 168 Å². The summed E-state index contributed by atoms with van der Waals surface area (Å²) in [5, 5.41) is 3.33. The van der Waals surface area contributed by atoms with Gasteiger partial charge in [-0.25, -0.2) is 4.99 Å². The maximum Gasteiger partial charge on any atom is 0.190 e. The van der Waals surface area contributed by atoms with Crippen LogP contribution in [0.4, 0.5) is 5.69 Å². The summed E-state index contributed by atoms with van der Waals surface area (Å²) in [4.78, 5) is 10.2. The Kier molecular flexibility index (Phi) is 4.61. The number of pyridine rings is 1. The molecule has 1 aromatic carbocycles. The third-order valence-electron chi connectivity index (χ3n) is 5.69. The van der Waals surface area contributed by atoms with E-state index in [9.17, 15) is 0 Å². The second-order valence-electron chi connectivity index (χ2n) is 7.57. The highest BCUT2D eigenvalue weighted by Gasteiger charge is 2.27. The smallest absolute Gasteiger partial charge is 0.190 e. The molecule has 0 spiro atoms. The van der Waals surface area contributed by atoms with E-state index < -0.39 is 0 Å². The van der Waals surface area contributed by atoms with E-state index >= 15 is 0 Å². The van der Waals surface area contributed by atoms with Gasteiger partial charge in [0.05, 0.1) is 17.6 Å². The van der Waals surface area contributed by atoms with Gasteiger partial charge in [0.25, 0.3) is 0 Å². The van der Waals surface area contributed by atoms with Gasteiger partial charge in [-0.3, -0.25) is 4.98 Å². The number of nitrogens with zero attached hydrogens (tertiary/aromatic N) is 3. The van der Waals surface area contributed by atoms with Crippen LogP contribution in [0.3, 0.4) is 0 Å². The van der Waals surface area contributed by atoms with Crippen molar-refractivity contribution in [2.45, 2.75) is 38.6 Å². The molecular weight excluding hydrogens is 366 g/mol. The van der Waals surface area contributed by atoms with Crippen molar-refractivity contribution in [3.05, 3.63) is 65.0 Å². The molecule has 4 nitrogen and oxygen atoms in total. The van der Waals surface area contributed by atoms with Crippen LogP contribution in [0.25, 0.3) is 22.4 Å². The number of hydrogen-bond donors (Lipinski definition) is 0. The lowest BCUT2D eigenvalue weighted by Gasteiger charge is -2.31. The van der Waals surface area contributed by atoms with Crippen LogP contribution >= 0.6 is 11.3 Å². The monoisotopic (exact) mass is 389 g/mol. The maximum atomic E-state index is 6.22. The zero-order valence-corrected chi connectivity index (χ0v) is 16.7. The first-order valence-electron chi connectivity index (χ1n) is 9.93. The molecule has 142 valence electrons. The lowest BCUT2D eigenvalue weighted by Crippen LogP contribution is -2.28. The minimum absolute atomic E-state index is 0.443. The molecule has 3 aromatic heterocycles. The average Bonchev–Trinajstić information content (AvgIpc) is 3.33. The van der Waals surface area contributed by atoms with Gasteiger partial charge in [-0.2, -0.15) is 0 Å². The number of fused-ring (bicyclic) bond motifs is 1. The molecule has 0 radical (unpaired) electrons. The molecule has 28 heavy (non-hydrogen) atoms. The van der Waals surface area contributed by atoms with Crippen LogP contribution in [-0.2, 0) is 0 Å². The molecule has 2 unspecified atom stereocenters. The standard InChI is InChI=1S/C23H23N3OS/c1-16-7-2-4-10-19(16)26-20(22-13-17-8-3-5-11-21(17)27-22)15-28-23(26)25-18-9-6-12-24-14-18/h3,5-6,8-9,11-16,19H,2,4,7,10H2,1H3. The minimum atomic E-state index is 0.443. The highest BCUT2D eigenvalue weighted by Crippen LogP contribution is 2.37. The predicted molar refractivity (Wildman–Crippen MR) is 114 cm³/mol. The van der Waals surface area contributed by atoms with Gasteiger partial charge in [-0.05, 0) is 43.0 Å². The Bertz CT molecular complexity index is 1120. The fourth-order valence-corrected chi connectivity index (χ4v) is 5.17. The zero-order valence-electron chi connectivity index (χ0n) is 15.9. The lowest BCUT2D eigenvalue weighted by molar-refractivity contribution is 0.255. The Hall–Kier alpha value is -2.66. The van der Waals surface area contributed by atoms with Crippen LogP contribution in [0.2, 0.25) is 0 Å². The average molecular weight is 390 g/mol. The van der Waals surface area contributed by atoms with E-state index in [0.29, 0.717) is 12.0 Å². The zero-order chi connectivity index (χ0) is 18.9. The highest BCUT2D eigenvalue weighted by atomic mass is 32.1. The summed E-state index contributed by atoms with van der Waals surface area (Å²) in [5.74, 6) is 1.54. The molecule has 5 rings (SSSR count). The van der Waals surface area contributed by atoms with E-state index in [1.54, 1.807) is 17.5 Å². The lowest BCUT2D eigenvalue weighted by atomic mass is 9.85. The van der Waals surface area contributed by atoms with Crippen molar-refractivity contribution in [2.75, 3.05) is 0 Å². The van der Waals surface area contributed by atoms with Gasteiger partial charge in [0, 0.05) is 23.0 Å². The van der Waals surface area contributed by atoms with E-state index in [4.69, 9.17) is 9.41 Å². The molecule has 3 heterocycles. The molecule has 0 bridgehead atoms. The quantitative estimate of drug-likeness (QED) is 0.410. The van der Waals surface area contributed by atoms with Gasteiger partial charge in [0.1, 0.15) is 5.58 Å². The van der Waals surface area contributed by atoms with E-state index in [0.717, 1.165) is 32.9 Å². The summed E-state index contributed by atoms with van der Waals surface area (Å²) in [6, 6.07) is 14.7. The fourth-order valence-electron chi connectivity index (χ4n) is 4.22. The largest absolute Gasteiger partial charge is 0.454 e. The summed E-state index contributed by atoms with van der Waals surface area (Å²) in [6.45, 7) is 2.37. The number of rotatable bonds is 3. The van der Waals surface area contributed by atoms with Gasteiger partial charge in [0.2, 0.25) is 0 Å². The van der Waals surface area contributed by atoms with Gasteiger partial charge >= 0.3 is 0 Å². The van der Waals surface area contributed by atoms with Crippen LogP contribution in [0.5, 0.6) is 0 Å². The third kappa shape index (κ3) is 3.20. The van der Waals surface area contributed by atoms with Crippen molar-refractivity contribution < 1.29 is 4.42 Å². The number of hydrogen-bond acceptors (Lipinski definition) is 4. The van der Waals surface area contributed by atoms with Gasteiger partial charge in [0.15, 0.2) is 10.6 Å². The molecule has 0 saturated heterocycles. The van der Waals surface area contributed by atoms with Crippen molar-refractivity contribution in [3.8, 4) is 11.5 Å². The van der Waals surface area contributed by atoms with Crippen molar-refractivity contribution in [1.82, 2.24) is 9.55 Å². The fraction of sp³-hybridized carbons (Fsp3) is 0.304. The third-order valence-corrected chi connectivity index (χ3v) is 6.53. The number of para-hydroxylation sites is 1. The first-order chi connectivity index (χ1) is 13.8. The second kappa shape index (κ2) is 7.40. The number of furan rings is 1. The molecule has 1 saturated carbocycles. The van der Waals surface area contributed by atoms with Gasteiger partial charge in [-0.15, -0.1) is 11.3 Å². The molecule has 0 N–H and O–H groups in total. The van der Waals surface area contributed by atoms with Crippen LogP contribution in [0.1, 0.15) is 38.6 Å². The number of thiazole rings is 1. The summed E-state index contributed by atoms with van der Waals surface area (Å²) in [7, 11) is 0. The van der Waals surface area contributed by atoms with E-state index in [1.165, 1.54) is 25.7 Å². The Balaban J connectivity index is 1.69. The molecular formula is C23H23N3OS. The molecule has 0 amide bonds. The molecule has 1 aliphatic carbocycles. The summed E-state index contributed by atoms with van der Waals surface area (Å²) < 4.78 is 8.63. The van der Waals surface area contributed by atoms with Crippen molar-refractivity contribution in [1.29, 1.82) is 0 Å². The van der Waals surface area contributed by atoms with Crippen LogP contribution in [-0.4, -0.2) is 9.55 Å². The van der Waals surface area contributed by atoms with E-state index in [1.807, 2.05) is 30.5 Å². The summed E-state index contributed by atoms with van der Waals surface area (Å²) in [6.07, 6.45) is 8.63. The van der Waals surface area contributed by atoms with Crippen molar-refractivity contribution in [3.63, 3.8) is 0 Å². The second-order valence-corrected chi connectivity index (χ2v) is 8.41. The maximum absolute atomic E-state index is 6.22. The van der Waals surface area contributed by atoms with Crippen LogP contribution in [0, 0.1) is 5.92 Å². The summed E-state index contributed by atoms with van der Waals surface area (Å²) >= 11 is 1.68. The normalized spacial score (nSPS) is 20.7. The van der Waals surface area contributed by atoms with Crippen LogP contribution < -0.4 is 4.80 Å². The molecule has 2 atom stereocenters. The molecule has 1 aliphatic rings. The van der Waals surface area contributed by atoms with Crippen molar-refractivity contribution in [2.24, 2.45) is 10.9 Å². The Morgan fingerprint density at radius 2 is 2.04 bits per heavy atom. The molecule has 5 heteroatoms. The summed E-state index contributed by atoms with van der Waals surface area (Å²) in [5.41, 5.74) is 2.94. The number of benzene rings is 1. The SMILES string of the molecule is CC1CCCCC1n1c(-c2cc3ccccc3o2)csc1=Nc1cccnc1. The minimum Gasteiger partial charge on any atom is -0.454 e. The van der Waals surface area contributed by atoms with Crippen LogP contribution in [0.15, 0.2) is 69.6 Å². The topological polar surface area (TPSA) is 43.3 Å². The predicted octanol–water partition coefficient (Wildman–Crippen LogP) is 6.34. The van der Waals surface area contributed by atoms with E-state index in [-0.39, 0.29) is 0 Å². The van der Waals surface area contributed by atoms with Gasteiger partial charge < -0.3 is 8.98 Å². The number of aromatic nitrogens is 2. The molecule has 4 aromatic rings. The highest BCUT2D eigenvalue weighted by molar-refractivity contribution is 7.07. The first kappa shape index (κ1) is 17.4. The van der Waals surface area contributed by atoms with E-state index in [2.05, 4.69) is 40.1 Å². The Morgan fingerprint density at radius 3 is 2.86 bits per heavy atom. The first-order valence-corrected chi connectivity index (χ1v) is 10.8.